The summed E-state index contributed by atoms with van der Waals surface area (Å²) in [5.74, 6) is 0. The normalized spacial score (nSPS) is 13.2. The first-order valence-corrected chi connectivity index (χ1v) is 5.33. The molecule has 0 saturated carbocycles. The molecule has 0 fully saturated rings. The maximum Gasteiger partial charge on any atom is 0.0809 e. The molecule has 0 bridgehead atoms. The predicted molar refractivity (Wildman–Crippen MR) is 55.7 cm³/mol. The molecule has 0 aromatic heterocycles. The first-order valence-electron chi connectivity index (χ1n) is 5.33. The lowest BCUT2D eigenvalue weighted by Crippen LogP contribution is -2.17. The summed E-state index contributed by atoms with van der Waals surface area (Å²) in [5, 5.41) is 0. The molecule has 0 aromatic rings. The summed E-state index contributed by atoms with van der Waals surface area (Å²) < 4.78 is 10.8. The van der Waals surface area contributed by atoms with Gasteiger partial charge < -0.3 is 9.47 Å². The van der Waals surface area contributed by atoms with E-state index in [1.54, 1.807) is 0 Å². The van der Waals surface area contributed by atoms with Crippen molar-refractivity contribution in [2.75, 3.05) is 19.8 Å². The second-order valence-corrected chi connectivity index (χ2v) is 3.27. The SMILES string of the molecule is [CH2]C(COCCCC)OCCCC. The van der Waals surface area contributed by atoms with Gasteiger partial charge in [0.15, 0.2) is 0 Å². The van der Waals surface area contributed by atoms with Crippen LogP contribution in [-0.2, 0) is 9.47 Å². The van der Waals surface area contributed by atoms with Crippen LogP contribution in [0.3, 0.4) is 0 Å². The highest BCUT2D eigenvalue weighted by Gasteiger charge is 2.00. The Kier molecular flexibility index (Phi) is 9.94. The molecule has 0 rings (SSSR count). The molecule has 0 saturated heterocycles. The number of unbranched alkanes of at least 4 members (excludes halogenated alkanes) is 2. The number of hydrogen-bond donors (Lipinski definition) is 0. The highest BCUT2D eigenvalue weighted by Crippen LogP contribution is 1.96. The minimum Gasteiger partial charge on any atom is -0.379 e. The zero-order valence-electron chi connectivity index (χ0n) is 9.05. The molecule has 1 unspecified atom stereocenters. The van der Waals surface area contributed by atoms with Crippen molar-refractivity contribution in [3.05, 3.63) is 6.92 Å². The van der Waals surface area contributed by atoms with E-state index in [4.69, 9.17) is 9.47 Å². The molecule has 0 aliphatic rings. The molecule has 0 aliphatic heterocycles. The fourth-order valence-corrected chi connectivity index (χ4v) is 0.904. The van der Waals surface area contributed by atoms with Crippen molar-refractivity contribution in [1.82, 2.24) is 0 Å². The van der Waals surface area contributed by atoms with E-state index < -0.39 is 0 Å². The molecular weight excluding hydrogens is 164 g/mol. The van der Waals surface area contributed by atoms with Crippen molar-refractivity contribution in [3.63, 3.8) is 0 Å². The molecule has 0 amide bonds. The summed E-state index contributed by atoms with van der Waals surface area (Å²) in [7, 11) is 0. The van der Waals surface area contributed by atoms with Crippen LogP contribution in [0.5, 0.6) is 0 Å². The van der Waals surface area contributed by atoms with Crippen LogP contribution in [0.1, 0.15) is 39.5 Å². The lowest BCUT2D eigenvalue weighted by atomic mass is 10.3. The smallest absolute Gasteiger partial charge is 0.0809 e. The lowest BCUT2D eigenvalue weighted by molar-refractivity contribution is 0.00509. The van der Waals surface area contributed by atoms with E-state index in [1.165, 1.54) is 12.8 Å². The lowest BCUT2D eigenvalue weighted by Gasteiger charge is -2.12. The summed E-state index contributed by atoms with van der Waals surface area (Å²) >= 11 is 0. The molecule has 0 spiro atoms. The predicted octanol–water partition coefficient (Wildman–Crippen LogP) is 2.82. The largest absolute Gasteiger partial charge is 0.379 e. The van der Waals surface area contributed by atoms with Gasteiger partial charge in [-0.05, 0) is 19.8 Å². The van der Waals surface area contributed by atoms with Crippen LogP contribution in [0.4, 0.5) is 0 Å². The van der Waals surface area contributed by atoms with Crippen LogP contribution >= 0.6 is 0 Å². The first-order chi connectivity index (χ1) is 6.31. The number of ether oxygens (including phenoxy) is 2. The zero-order valence-corrected chi connectivity index (χ0v) is 9.05. The van der Waals surface area contributed by atoms with Gasteiger partial charge >= 0.3 is 0 Å². The van der Waals surface area contributed by atoms with Crippen LogP contribution in [0.25, 0.3) is 0 Å². The molecule has 0 aliphatic carbocycles. The highest BCUT2D eigenvalue weighted by atomic mass is 16.5. The summed E-state index contributed by atoms with van der Waals surface area (Å²) in [6.07, 6.45) is 4.59. The Labute approximate surface area is 82.6 Å². The average Bonchev–Trinajstić information content (AvgIpc) is 2.13. The van der Waals surface area contributed by atoms with Crippen LogP contribution in [-0.4, -0.2) is 25.9 Å². The van der Waals surface area contributed by atoms with E-state index >= 15 is 0 Å². The fraction of sp³-hybridized carbons (Fsp3) is 0.909. The third-order valence-corrected chi connectivity index (χ3v) is 1.80. The molecule has 2 heteroatoms. The average molecular weight is 187 g/mol. The van der Waals surface area contributed by atoms with Crippen LogP contribution in [0, 0.1) is 6.92 Å². The Morgan fingerprint density at radius 2 is 1.69 bits per heavy atom. The maximum absolute atomic E-state index is 5.43. The molecule has 0 N–H and O–H groups in total. The van der Waals surface area contributed by atoms with Crippen molar-refractivity contribution >= 4 is 0 Å². The van der Waals surface area contributed by atoms with Gasteiger partial charge in [0.2, 0.25) is 0 Å². The molecular formula is C11H23O2. The minimum atomic E-state index is 0.00315. The standard InChI is InChI=1S/C11H23O2/c1-4-6-8-12-10-11(3)13-9-7-5-2/h11H,3-10H2,1-2H3. The van der Waals surface area contributed by atoms with Crippen molar-refractivity contribution in [3.8, 4) is 0 Å². The Bertz CT molecular complexity index is 94.1. The van der Waals surface area contributed by atoms with Gasteiger partial charge in [-0.3, -0.25) is 0 Å². The quantitative estimate of drug-likeness (QED) is 0.517. The molecule has 0 heterocycles. The molecule has 0 aromatic carbocycles. The van der Waals surface area contributed by atoms with Gasteiger partial charge in [-0.1, -0.05) is 26.7 Å². The number of rotatable bonds is 9. The van der Waals surface area contributed by atoms with Gasteiger partial charge in [-0.15, -0.1) is 0 Å². The summed E-state index contributed by atoms with van der Waals surface area (Å²) in [4.78, 5) is 0. The zero-order chi connectivity index (χ0) is 9.94. The first kappa shape index (κ1) is 12.9. The molecule has 13 heavy (non-hydrogen) atoms. The van der Waals surface area contributed by atoms with Crippen molar-refractivity contribution in [1.29, 1.82) is 0 Å². The van der Waals surface area contributed by atoms with Gasteiger partial charge in [0, 0.05) is 13.2 Å². The summed E-state index contributed by atoms with van der Waals surface area (Å²) in [5.41, 5.74) is 0. The van der Waals surface area contributed by atoms with E-state index in [9.17, 15) is 0 Å². The van der Waals surface area contributed by atoms with Gasteiger partial charge in [-0.2, -0.15) is 0 Å². The Hall–Kier alpha value is -0.0800. The van der Waals surface area contributed by atoms with Crippen molar-refractivity contribution in [2.24, 2.45) is 0 Å². The molecule has 1 atom stereocenters. The minimum absolute atomic E-state index is 0.00315. The second kappa shape index (κ2) is 10.0. The van der Waals surface area contributed by atoms with Crippen LogP contribution in [0.2, 0.25) is 0 Å². The van der Waals surface area contributed by atoms with E-state index in [0.29, 0.717) is 6.61 Å². The third kappa shape index (κ3) is 9.84. The van der Waals surface area contributed by atoms with E-state index in [1.807, 2.05) is 0 Å². The van der Waals surface area contributed by atoms with Gasteiger partial charge in [0.1, 0.15) is 0 Å². The summed E-state index contributed by atoms with van der Waals surface area (Å²) in [6, 6.07) is 0. The van der Waals surface area contributed by atoms with Crippen LogP contribution < -0.4 is 0 Å². The van der Waals surface area contributed by atoms with Crippen LogP contribution in [0.15, 0.2) is 0 Å². The Morgan fingerprint density at radius 1 is 1.08 bits per heavy atom. The monoisotopic (exact) mass is 187 g/mol. The second-order valence-electron chi connectivity index (χ2n) is 3.27. The highest BCUT2D eigenvalue weighted by molar-refractivity contribution is 4.57. The third-order valence-electron chi connectivity index (χ3n) is 1.80. The fourth-order valence-electron chi connectivity index (χ4n) is 0.904. The Balaban J connectivity index is 3.05. The van der Waals surface area contributed by atoms with Gasteiger partial charge in [0.25, 0.3) is 0 Å². The topological polar surface area (TPSA) is 18.5 Å². The van der Waals surface area contributed by atoms with Crippen molar-refractivity contribution < 1.29 is 9.47 Å². The molecule has 1 radical (unpaired) electrons. The van der Waals surface area contributed by atoms with Crippen molar-refractivity contribution in [2.45, 2.75) is 45.6 Å². The number of hydrogen-bond acceptors (Lipinski definition) is 2. The van der Waals surface area contributed by atoms with Gasteiger partial charge in [0.05, 0.1) is 12.7 Å². The maximum atomic E-state index is 5.43. The van der Waals surface area contributed by atoms with E-state index in [0.717, 1.165) is 26.1 Å². The summed E-state index contributed by atoms with van der Waals surface area (Å²) in [6.45, 7) is 10.4. The van der Waals surface area contributed by atoms with Gasteiger partial charge in [-0.25, -0.2) is 0 Å². The van der Waals surface area contributed by atoms with E-state index in [2.05, 4.69) is 20.8 Å². The molecule has 2 nitrogen and oxygen atoms in total. The Morgan fingerprint density at radius 3 is 2.31 bits per heavy atom. The molecule has 79 valence electrons. The van der Waals surface area contributed by atoms with E-state index in [-0.39, 0.29) is 6.10 Å².